The second-order valence-corrected chi connectivity index (χ2v) is 3.34. The fourth-order valence-corrected chi connectivity index (χ4v) is 1.15. The molecule has 0 rings (SSSR count). The smallest absolute Gasteiger partial charge is 0.342 e. The van der Waals surface area contributed by atoms with E-state index in [0.29, 0.717) is 0 Å². The number of halogens is 10. The summed E-state index contributed by atoms with van der Waals surface area (Å²) < 4.78 is 127. The van der Waals surface area contributed by atoms with E-state index in [2.05, 4.69) is 4.74 Å². The van der Waals surface area contributed by atoms with E-state index in [0.717, 1.165) is 0 Å². The summed E-state index contributed by atoms with van der Waals surface area (Å²) in [5.41, 5.74) is -6.88. The Morgan fingerprint density at radius 1 is 0.667 bits per heavy atom. The minimum Gasteiger partial charge on any atom is -0.342 e. The molecule has 0 bridgehead atoms. The summed E-state index contributed by atoms with van der Waals surface area (Å²) in [6, 6.07) is 0. The molecule has 11 heteroatoms. The topological polar surface area (TPSA) is 9.23 Å². The number of ether oxygens (including phenoxy) is 1. The molecular weight excluding hydrogens is 290 g/mol. The summed E-state index contributed by atoms with van der Waals surface area (Å²) in [5, 5.41) is 0. The molecule has 110 valence electrons. The van der Waals surface area contributed by atoms with Crippen LogP contribution in [0.2, 0.25) is 0 Å². The molecule has 0 saturated carbocycles. The maximum atomic E-state index is 13.3. The van der Waals surface area contributed by atoms with Crippen LogP contribution in [0.4, 0.5) is 43.9 Å². The lowest BCUT2D eigenvalue weighted by Crippen LogP contribution is -2.72. The molecular formula is C7H6F10O. The molecule has 0 spiro atoms. The van der Waals surface area contributed by atoms with E-state index in [4.69, 9.17) is 0 Å². The molecule has 0 aliphatic rings. The molecule has 0 aromatic heterocycles. The van der Waals surface area contributed by atoms with E-state index in [9.17, 15) is 43.9 Å². The Morgan fingerprint density at radius 3 is 1.00 bits per heavy atom. The van der Waals surface area contributed by atoms with Crippen LogP contribution < -0.4 is 0 Å². The SMILES string of the molecule is COC(F)(C(C)(F)F)C(F)(C(F)(F)F)C(F)(F)F. The highest BCUT2D eigenvalue weighted by atomic mass is 19.4. The van der Waals surface area contributed by atoms with Crippen LogP contribution in [0.15, 0.2) is 0 Å². The van der Waals surface area contributed by atoms with Gasteiger partial charge in [0.2, 0.25) is 0 Å². The predicted molar refractivity (Wildman–Crippen MR) is 37.4 cm³/mol. The summed E-state index contributed by atoms with van der Waals surface area (Å²) in [4.78, 5) is 0. The van der Waals surface area contributed by atoms with Gasteiger partial charge in [0.05, 0.1) is 0 Å². The van der Waals surface area contributed by atoms with Gasteiger partial charge in [-0.2, -0.15) is 26.3 Å². The molecule has 0 aromatic rings. The fourth-order valence-electron chi connectivity index (χ4n) is 1.15. The molecule has 0 fully saturated rings. The average Bonchev–Trinajstić information content (AvgIpc) is 2.09. The van der Waals surface area contributed by atoms with Crippen molar-refractivity contribution in [2.45, 2.75) is 36.7 Å². The van der Waals surface area contributed by atoms with Gasteiger partial charge in [-0.05, 0) is 0 Å². The van der Waals surface area contributed by atoms with E-state index < -0.39 is 36.7 Å². The van der Waals surface area contributed by atoms with Gasteiger partial charge in [0.1, 0.15) is 0 Å². The number of alkyl halides is 10. The average molecular weight is 296 g/mol. The van der Waals surface area contributed by atoms with Crippen LogP contribution in [0.25, 0.3) is 0 Å². The predicted octanol–water partition coefficient (Wildman–Crippen LogP) is 3.79. The Labute approximate surface area is 93.7 Å². The van der Waals surface area contributed by atoms with Gasteiger partial charge in [-0.3, -0.25) is 0 Å². The lowest BCUT2D eigenvalue weighted by molar-refractivity contribution is -0.445. The lowest BCUT2D eigenvalue weighted by atomic mass is 9.90. The van der Waals surface area contributed by atoms with Gasteiger partial charge in [0.25, 0.3) is 0 Å². The van der Waals surface area contributed by atoms with Crippen LogP contribution in [0, 0.1) is 0 Å². The molecule has 0 radical (unpaired) electrons. The maximum absolute atomic E-state index is 13.3. The molecule has 0 amide bonds. The summed E-state index contributed by atoms with van der Waals surface area (Å²) in [7, 11) is -0.233. The fraction of sp³-hybridized carbons (Fsp3) is 1.00. The minimum atomic E-state index is -6.99. The highest BCUT2D eigenvalue weighted by Gasteiger charge is 2.88. The van der Waals surface area contributed by atoms with Crippen molar-refractivity contribution in [1.82, 2.24) is 0 Å². The summed E-state index contributed by atoms with van der Waals surface area (Å²) in [6.45, 7) is -0.664. The Bertz CT molecular complexity index is 285. The first-order valence-electron chi connectivity index (χ1n) is 4.00. The van der Waals surface area contributed by atoms with Crippen LogP contribution in [-0.4, -0.2) is 36.9 Å². The summed E-state index contributed by atoms with van der Waals surface area (Å²) in [6.07, 6.45) is -14.0. The molecule has 1 nitrogen and oxygen atoms in total. The Balaban J connectivity index is 6.22. The van der Waals surface area contributed by atoms with Crippen LogP contribution >= 0.6 is 0 Å². The third kappa shape index (κ3) is 2.12. The normalized spacial score (nSPS) is 18.7. The van der Waals surface area contributed by atoms with Gasteiger partial charge in [-0.15, -0.1) is 0 Å². The van der Waals surface area contributed by atoms with Crippen molar-refractivity contribution >= 4 is 0 Å². The van der Waals surface area contributed by atoms with E-state index >= 15 is 0 Å². The van der Waals surface area contributed by atoms with Crippen molar-refractivity contribution in [3.05, 3.63) is 0 Å². The zero-order chi connectivity index (χ0) is 15.2. The molecule has 0 aliphatic heterocycles. The van der Waals surface area contributed by atoms with Crippen LogP contribution in [0.5, 0.6) is 0 Å². The molecule has 0 saturated heterocycles. The molecule has 0 aliphatic carbocycles. The molecule has 1 unspecified atom stereocenters. The van der Waals surface area contributed by atoms with Gasteiger partial charge < -0.3 is 4.74 Å². The van der Waals surface area contributed by atoms with Crippen molar-refractivity contribution in [1.29, 1.82) is 0 Å². The summed E-state index contributed by atoms with van der Waals surface area (Å²) >= 11 is 0. The Kier molecular flexibility index (Phi) is 3.97. The first-order valence-corrected chi connectivity index (χ1v) is 4.00. The maximum Gasteiger partial charge on any atom is 0.437 e. The van der Waals surface area contributed by atoms with E-state index in [1.807, 2.05) is 0 Å². The molecule has 0 heterocycles. The van der Waals surface area contributed by atoms with Crippen molar-refractivity contribution < 1.29 is 48.6 Å². The molecule has 0 N–H and O–H groups in total. The third-order valence-corrected chi connectivity index (χ3v) is 2.07. The Hall–Kier alpha value is -0.740. The lowest BCUT2D eigenvalue weighted by Gasteiger charge is -2.42. The van der Waals surface area contributed by atoms with Gasteiger partial charge in [-0.1, -0.05) is 0 Å². The Morgan fingerprint density at radius 2 is 0.944 bits per heavy atom. The highest BCUT2D eigenvalue weighted by Crippen LogP contribution is 2.58. The minimum absolute atomic E-state index is 0.233. The first-order chi connectivity index (χ1) is 7.56. The van der Waals surface area contributed by atoms with Crippen molar-refractivity contribution in [2.24, 2.45) is 0 Å². The monoisotopic (exact) mass is 296 g/mol. The molecule has 1 atom stereocenters. The van der Waals surface area contributed by atoms with Crippen molar-refractivity contribution in [3.8, 4) is 0 Å². The van der Waals surface area contributed by atoms with Gasteiger partial charge in [0, 0.05) is 14.0 Å². The second kappa shape index (κ2) is 4.14. The largest absolute Gasteiger partial charge is 0.437 e. The quantitative estimate of drug-likeness (QED) is 0.720. The standard InChI is InChI=1S/C7H6F10O/c1-3(8,9)5(11,18-2)4(10,6(12,13)14)7(15,16)17/h1-2H3. The van der Waals surface area contributed by atoms with Crippen molar-refractivity contribution in [3.63, 3.8) is 0 Å². The number of hydrogen-bond acceptors (Lipinski definition) is 1. The van der Waals surface area contributed by atoms with Gasteiger partial charge in [-0.25, -0.2) is 17.6 Å². The van der Waals surface area contributed by atoms with Gasteiger partial charge >= 0.3 is 29.8 Å². The number of hydrogen-bond donors (Lipinski definition) is 0. The van der Waals surface area contributed by atoms with E-state index in [1.54, 1.807) is 0 Å². The number of methoxy groups -OCH3 is 1. The zero-order valence-electron chi connectivity index (χ0n) is 8.69. The zero-order valence-corrected chi connectivity index (χ0v) is 8.69. The number of rotatable bonds is 3. The highest BCUT2D eigenvalue weighted by molar-refractivity contribution is 5.10. The van der Waals surface area contributed by atoms with Crippen LogP contribution in [0.3, 0.4) is 0 Å². The van der Waals surface area contributed by atoms with E-state index in [-0.39, 0.29) is 7.11 Å². The van der Waals surface area contributed by atoms with Crippen LogP contribution in [0.1, 0.15) is 6.92 Å². The van der Waals surface area contributed by atoms with Gasteiger partial charge in [0.15, 0.2) is 0 Å². The third-order valence-electron chi connectivity index (χ3n) is 2.07. The molecule has 0 aromatic carbocycles. The van der Waals surface area contributed by atoms with E-state index in [1.165, 1.54) is 0 Å². The first kappa shape index (κ1) is 17.3. The molecule has 18 heavy (non-hydrogen) atoms. The van der Waals surface area contributed by atoms with Crippen LogP contribution in [-0.2, 0) is 4.74 Å². The second-order valence-electron chi connectivity index (χ2n) is 3.34. The van der Waals surface area contributed by atoms with Crippen molar-refractivity contribution in [2.75, 3.05) is 7.11 Å². The summed E-state index contributed by atoms with van der Waals surface area (Å²) in [5.74, 6) is -11.3.